The lowest BCUT2D eigenvalue weighted by Gasteiger charge is -2.21. The number of nitrogens with zero attached hydrogens (tertiary/aromatic N) is 3. The Labute approximate surface area is 566 Å². The quantitative estimate of drug-likeness (QED) is 0.0293. The van der Waals surface area contributed by atoms with Gasteiger partial charge in [-0.15, -0.1) is 0 Å². The highest BCUT2D eigenvalue weighted by atomic mass is 31.2. The number of rotatable bonds is 33. The Kier molecular flexibility index (Phi) is 25.6. The van der Waals surface area contributed by atoms with Crippen LogP contribution >= 0.6 is 7.82 Å². The van der Waals surface area contributed by atoms with Gasteiger partial charge in [0.25, 0.3) is 0 Å². The molecule has 9 aromatic carbocycles. The standard InChI is InChI=1S/C84H96N3O7P/c1-13-61-19-25-64(26-20-61)79(16-4)82(67-31-43-73(44-32-67)89-58-55-85(7)8)70-37-49-76(50-38-70)92-95(88,93-77-51-39-71(40-52-77)83(80(17-5)65-27-21-62(14-2)22-28-65)68-33-45-74(46-34-68)90-59-56-86(9)10)94-78-53-41-72(42-54-78)84(81(18-6)66-29-23-63(15-3)24-30-66)69-35-47-75(48-36-69)91-60-57-87(11)12/h19-54H,13-18,55-60H2,1-12H3/b82-79-,83-80-,84-81-. The summed E-state index contributed by atoms with van der Waals surface area (Å²) in [5.41, 5.74) is 20.1. The molecule has 0 bridgehead atoms. The van der Waals surface area contributed by atoms with Crippen LogP contribution in [0.2, 0.25) is 0 Å². The molecule has 10 nitrogen and oxygen atoms in total. The molecule has 11 heteroatoms. The van der Waals surface area contributed by atoms with Gasteiger partial charge in [0, 0.05) is 19.6 Å². The fraction of sp³-hybridized carbons (Fsp3) is 0.286. The van der Waals surface area contributed by atoms with Crippen LogP contribution in [0.25, 0.3) is 33.4 Å². The molecule has 0 saturated heterocycles. The summed E-state index contributed by atoms with van der Waals surface area (Å²) >= 11 is 0. The van der Waals surface area contributed by atoms with Gasteiger partial charge >= 0.3 is 7.82 Å². The van der Waals surface area contributed by atoms with E-state index in [-0.39, 0.29) is 0 Å². The number of hydrogen-bond donors (Lipinski definition) is 0. The monoisotopic (exact) mass is 1290 g/mol. The van der Waals surface area contributed by atoms with Gasteiger partial charge in [-0.3, -0.25) is 0 Å². The van der Waals surface area contributed by atoms with Crippen molar-refractivity contribution in [2.24, 2.45) is 0 Å². The predicted molar refractivity (Wildman–Crippen MR) is 396 cm³/mol. The van der Waals surface area contributed by atoms with Gasteiger partial charge in [0.05, 0.1) is 0 Å². The smallest absolute Gasteiger partial charge is 0.492 e. The molecule has 0 heterocycles. The van der Waals surface area contributed by atoms with Gasteiger partial charge in [-0.25, -0.2) is 0 Å². The number of hydrogen-bond acceptors (Lipinski definition) is 10. The number of ether oxygens (including phenoxy) is 3. The Hall–Kier alpha value is -8.89. The van der Waals surface area contributed by atoms with Crippen LogP contribution in [0, 0.1) is 0 Å². The topological polar surface area (TPSA) is 82.2 Å². The molecule has 0 saturated carbocycles. The Bertz CT molecular complexity index is 3590. The minimum absolute atomic E-state index is 0.307. The molecule has 0 aliphatic heterocycles. The van der Waals surface area contributed by atoms with Gasteiger partial charge in [-0.2, -0.15) is 4.57 Å². The van der Waals surface area contributed by atoms with Crippen molar-refractivity contribution in [1.82, 2.24) is 14.7 Å². The second-order valence-corrected chi connectivity index (χ2v) is 26.0. The SMILES string of the molecule is CC/C(=C(\c1ccc(OCCN(C)C)cc1)c1ccc(OP(=O)(Oc2ccc(/C(=C(/CC)c3ccc(CC)cc3)c3ccc(OCCN(C)C)cc3)cc2)Oc2ccc(/C(=C(/CC)c3ccc(CC)cc3)c3ccc(OCCN(C)C)cc3)cc2)cc1)c1ccc(CC)cc1. The number of aryl methyl sites for hydroxylation is 3. The third-order valence-electron chi connectivity index (χ3n) is 17.0. The van der Waals surface area contributed by atoms with Crippen molar-refractivity contribution in [3.63, 3.8) is 0 Å². The summed E-state index contributed by atoms with van der Waals surface area (Å²) in [5, 5.41) is 0. The normalized spacial score (nSPS) is 12.5. The molecule has 0 amide bonds. The molecule has 494 valence electrons. The Morgan fingerprint density at radius 2 is 0.463 bits per heavy atom. The van der Waals surface area contributed by atoms with E-state index in [9.17, 15) is 0 Å². The van der Waals surface area contributed by atoms with Gasteiger partial charge in [-0.1, -0.05) is 187 Å². The third kappa shape index (κ3) is 19.4. The predicted octanol–water partition coefficient (Wildman–Crippen LogP) is 19.9. The number of allylic oxidation sites excluding steroid dienone is 3. The first-order valence-corrected chi connectivity index (χ1v) is 35.2. The zero-order valence-electron chi connectivity index (χ0n) is 57.9. The highest BCUT2D eigenvalue weighted by molar-refractivity contribution is 7.49. The maximum absolute atomic E-state index is 15.9. The average molecular weight is 1290 g/mol. The van der Waals surface area contributed by atoms with Crippen LogP contribution < -0.4 is 27.8 Å². The molecule has 0 radical (unpaired) electrons. The van der Waals surface area contributed by atoms with Crippen LogP contribution in [-0.4, -0.2) is 96.4 Å². The van der Waals surface area contributed by atoms with E-state index < -0.39 is 7.82 Å². The molecule has 0 aliphatic carbocycles. The Balaban J connectivity index is 1.11. The molecule has 9 aromatic rings. The number of likely N-dealkylation sites (N-methyl/N-ethyl adjacent to an activating group) is 3. The first-order valence-electron chi connectivity index (χ1n) is 33.7. The Morgan fingerprint density at radius 3 is 0.642 bits per heavy atom. The van der Waals surface area contributed by atoms with E-state index in [1.54, 1.807) is 0 Å². The van der Waals surface area contributed by atoms with Crippen LogP contribution in [0.1, 0.15) is 128 Å². The average Bonchev–Trinajstić information content (AvgIpc) is 0.820. The number of phosphoric acid groups is 1. The van der Waals surface area contributed by atoms with Crippen molar-refractivity contribution in [3.8, 4) is 34.5 Å². The molecule has 0 spiro atoms. The fourth-order valence-corrected chi connectivity index (χ4v) is 12.9. The molecule has 95 heavy (non-hydrogen) atoms. The van der Waals surface area contributed by atoms with E-state index in [0.717, 1.165) is 142 Å². The van der Waals surface area contributed by atoms with E-state index in [1.807, 2.05) is 151 Å². The van der Waals surface area contributed by atoms with E-state index in [4.69, 9.17) is 27.8 Å². The largest absolute Gasteiger partial charge is 0.647 e. The van der Waals surface area contributed by atoms with Crippen molar-refractivity contribution in [1.29, 1.82) is 0 Å². The second-order valence-electron chi connectivity index (χ2n) is 24.6. The van der Waals surface area contributed by atoms with Crippen LogP contribution in [0.3, 0.4) is 0 Å². The van der Waals surface area contributed by atoms with Crippen molar-refractivity contribution in [2.75, 3.05) is 81.7 Å². The van der Waals surface area contributed by atoms with Crippen LogP contribution in [0.4, 0.5) is 0 Å². The summed E-state index contributed by atoms with van der Waals surface area (Å²) < 4.78 is 54.2. The molecule has 0 unspecified atom stereocenters. The van der Waals surface area contributed by atoms with Crippen LogP contribution in [0.15, 0.2) is 218 Å². The molecule has 0 fully saturated rings. The third-order valence-corrected chi connectivity index (χ3v) is 18.3. The molecule has 0 aliphatic rings. The van der Waals surface area contributed by atoms with Gasteiger partial charge in [-0.05, 0) is 254 Å². The summed E-state index contributed by atoms with van der Waals surface area (Å²) in [4.78, 5) is 6.33. The van der Waals surface area contributed by atoms with Crippen molar-refractivity contribution in [2.45, 2.75) is 80.1 Å². The molecule has 0 atom stereocenters. The molecular formula is C84H96N3O7P. The molecular weight excluding hydrogens is 1190 g/mol. The lowest BCUT2D eigenvalue weighted by molar-refractivity contribution is 0.261. The Morgan fingerprint density at radius 1 is 0.274 bits per heavy atom. The van der Waals surface area contributed by atoms with Gasteiger partial charge < -0.3 is 42.5 Å². The van der Waals surface area contributed by atoms with Crippen molar-refractivity contribution < 1.29 is 32.3 Å². The summed E-state index contributed by atoms with van der Waals surface area (Å²) in [6, 6.07) is 74.7. The van der Waals surface area contributed by atoms with Crippen LogP contribution in [-0.2, 0) is 23.8 Å². The van der Waals surface area contributed by atoms with Gasteiger partial charge in [0.2, 0.25) is 0 Å². The lowest BCUT2D eigenvalue weighted by atomic mass is 9.88. The number of phosphoric ester groups is 1. The number of benzene rings is 9. The first-order chi connectivity index (χ1) is 46.1. The summed E-state index contributed by atoms with van der Waals surface area (Å²) in [7, 11) is 7.68. The zero-order chi connectivity index (χ0) is 67.3. The van der Waals surface area contributed by atoms with E-state index in [1.165, 1.54) is 33.4 Å². The van der Waals surface area contributed by atoms with Gasteiger partial charge in [0.1, 0.15) is 54.3 Å². The maximum atomic E-state index is 15.9. The molecule has 9 rings (SSSR count). The summed E-state index contributed by atoms with van der Waals surface area (Å²) in [5.74, 6) is 3.35. The first kappa shape index (κ1) is 70.4. The highest BCUT2D eigenvalue weighted by Crippen LogP contribution is 2.51. The summed E-state index contributed by atoms with van der Waals surface area (Å²) in [6.45, 7) is 17.3. The van der Waals surface area contributed by atoms with E-state index >= 15 is 4.57 Å². The molecule has 0 aromatic heterocycles. The van der Waals surface area contributed by atoms with Crippen molar-refractivity contribution >= 4 is 41.3 Å². The second kappa shape index (κ2) is 34.5. The minimum Gasteiger partial charge on any atom is -0.492 e. The maximum Gasteiger partial charge on any atom is 0.647 e. The molecule has 0 N–H and O–H groups in total. The van der Waals surface area contributed by atoms with Crippen LogP contribution in [0.5, 0.6) is 34.5 Å². The lowest BCUT2D eigenvalue weighted by Crippen LogP contribution is -2.19. The highest BCUT2D eigenvalue weighted by Gasteiger charge is 2.34. The van der Waals surface area contributed by atoms with E-state index in [2.05, 4.69) is 165 Å². The summed E-state index contributed by atoms with van der Waals surface area (Å²) in [6.07, 6.45) is 5.19. The zero-order valence-corrected chi connectivity index (χ0v) is 58.8. The fourth-order valence-electron chi connectivity index (χ4n) is 11.6. The minimum atomic E-state index is -4.57. The van der Waals surface area contributed by atoms with E-state index in [0.29, 0.717) is 37.1 Å². The van der Waals surface area contributed by atoms with Gasteiger partial charge in [0.15, 0.2) is 0 Å². The van der Waals surface area contributed by atoms with Crippen molar-refractivity contribution in [3.05, 3.63) is 285 Å².